The predicted octanol–water partition coefficient (Wildman–Crippen LogP) is 2.90. The van der Waals surface area contributed by atoms with Crippen molar-refractivity contribution in [3.63, 3.8) is 0 Å². The van der Waals surface area contributed by atoms with Crippen molar-refractivity contribution < 1.29 is 0 Å². The van der Waals surface area contributed by atoms with E-state index in [4.69, 9.17) is 0 Å². The molecule has 1 aromatic rings. The molecule has 0 radical (unpaired) electrons. The first-order chi connectivity index (χ1) is 5.66. The van der Waals surface area contributed by atoms with Crippen molar-refractivity contribution in [3.05, 3.63) is 21.4 Å². The Morgan fingerprint density at radius 2 is 2.17 bits per heavy atom. The summed E-state index contributed by atoms with van der Waals surface area (Å²) in [7, 11) is 2.00. The molecule has 1 nitrogen and oxygen atoms in total. The first kappa shape index (κ1) is 9.75. The zero-order valence-electron chi connectivity index (χ0n) is 8.27. The first-order valence-electron chi connectivity index (χ1n) is 4.38. The molecule has 1 heterocycles. The maximum atomic E-state index is 3.20. The van der Waals surface area contributed by atoms with Crippen LogP contribution >= 0.6 is 11.3 Å². The van der Waals surface area contributed by atoms with E-state index >= 15 is 0 Å². The molecule has 1 rings (SSSR count). The molecule has 0 fully saturated rings. The quantitative estimate of drug-likeness (QED) is 0.760. The van der Waals surface area contributed by atoms with Crippen LogP contribution in [0.1, 0.15) is 35.8 Å². The van der Waals surface area contributed by atoms with Gasteiger partial charge >= 0.3 is 0 Å². The topological polar surface area (TPSA) is 12.0 Å². The summed E-state index contributed by atoms with van der Waals surface area (Å²) < 4.78 is 0. The van der Waals surface area contributed by atoms with Gasteiger partial charge in [0.15, 0.2) is 0 Å². The van der Waals surface area contributed by atoms with E-state index in [0.29, 0.717) is 5.92 Å². The molecule has 0 atom stereocenters. The van der Waals surface area contributed by atoms with E-state index in [0.717, 1.165) is 6.54 Å². The molecule has 0 aliphatic rings. The Labute approximate surface area is 78.8 Å². The molecule has 0 aromatic carbocycles. The molecule has 0 amide bonds. The summed E-state index contributed by atoms with van der Waals surface area (Å²) in [5.41, 5.74) is 3.00. The minimum atomic E-state index is 0.652. The van der Waals surface area contributed by atoms with Gasteiger partial charge < -0.3 is 5.32 Å². The van der Waals surface area contributed by atoms with Gasteiger partial charge in [0.25, 0.3) is 0 Å². The average molecular weight is 183 g/mol. The highest BCUT2D eigenvalue weighted by Crippen LogP contribution is 2.28. The van der Waals surface area contributed by atoms with Gasteiger partial charge in [0, 0.05) is 11.4 Å². The summed E-state index contributed by atoms with van der Waals surface area (Å²) in [6.07, 6.45) is 0. The van der Waals surface area contributed by atoms with Gasteiger partial charge in [-0.2, -0.15) is 0 Å². The Balaban J connectivity index is 2.95. The summed E-state index contributed by atoms with van der Waals surface area (Å²) in [5.74, 6) is 0.652. The molecule has 0 saturated carbocycles. The molecule has 1 N–H and O–H groups in total. The van der Waals surface area contributed by atoms with E-state index in [1.807, 2.05) is 18.4 Å². The van der Waals surface area contributed by atoms with Crippen molar-refractivity contribution in [2.24, 2.45) is 0 Å². The van der Waals surface area contributed by atoms with Crippen LogP contribution in [0.5, 0.6) is 0 Å². The Bertz CT molecular complexity index is 250. The van der Waals surface area contributed by atoms with E-state index in [1.54, 1.807) is 0 Å². The third-order valence-electron chi connectivity index (χ3n) is 2.05. The third-order valence-corrected chi connectivity index (χ3v) is 3.02. The molecule has 0 saturated heterocycles. The highest BCUT2D eigenvalue weighted by Gasteiger charge is 2.10. The summed E-state index contributed by atoms with van der Waals surface area (Å²) in [5, 5.41) is 5.46. The number of nitrogens with one attached hydrogen (secondary N) is 1. The largest absolute Gasteiger partial charge is 0.316 e. The van der Waals surface area contributed by atoms with Gasteiger partial charge in [0.2, 0.25) is 0 Å². The van der Waals surface area contributed by atoms with Crippen LogP contribution in [0.25, 0.3) is 0 Å². The van der Waals surface area contributed by atoms with Crippen LogP contribution in [-0.4, -0.2) is 7.05 Å². The van der Waals surface area contributed by atoms with E-state index in [9.17, 15) is 0 Å². The number of hydrogen-bond donors (Lipinski definition) is 1. The highest BCUT2D eigenvalue weighted by atomic mass is 32.1. The van der Waals surface area contributed by atoms with Gasteiger partial charge in [-0.1, -0.05) is 13.8 Å². The number of rotatable bonds is 3. The lowest BCUT2D eigenvalue weighted by atomic mass is 10.00. The lowest BCUT2D eigenvalue weighted by molar-refractivity contribution is 0.778. The second kappa shape index (κ2) is 4.06. The van der Waals surface area contributed by atoms with Gasteiger partial charge in [0.05, 0.1) is 0 Å². The van der Waals surface area contributed by atoms with Crippen LogP contribution in [0, 0.1) is 6.92 Å². The van der Waals surface area contributed by atoms with Crippen molar-refractivity contribution in [3.8, 4) is 0 Å². The highest BCUT2D eigenvalue weighted by molar-refractivity contribution is 7.10. The molecule has 0 bridgehead atoms. The molecule has 1 aromatic heterocycles. The zero-order chi connectivity index (χ0) is 9.14. The van der Waals surface area contributed by atoms with Crippen LogP contribution in [0.2, 0.25) is 0 Å². The number of hydrogen-bond acceptors (Lipinski definition) is 2. The second-order valence-corrected chi connectivity index (χ2v) is 4.50. The van der Waals surface area contributed by atoms with Crippen molar-refractivity contribution in [1.29, 1.82) is 0 Å². The lowest BCUT2D eigenvalue weighted by Crippen LogP contribution is -2.07. The summed E-state index contributed by atoms with van der Waals surface area (Å²) in [4.78, 5) is 1.47. The van der Waals surface area contributed by atoms with Gasteiger partial charge in [-0.25, -0.2) is 0 Å². The maximum Gasteiger partial charge on any atom is 0.0213 e. The molecule has 0 spiro atoms. The van der Waals surface area contributed by atoms with Crippen LogP contribution in [-0.2, 0) is 6.54 Å². The fourth-order valence-electron chi connectivity index (χ4n) is 1.62. The lowest BCUT2D eigenvalue weighted by Gasteiger charge is -2.08. The maximum absolute atomic E-state index is 3.20. The van der Waals surface area contributed by atoms with Crippen LogP contribution in [0.15, 0.2) is 5.38 Å². The smallest absolute Gasteiger partial charge is 0.0213 e. The Kier molecular flexibility index (Phi) is 3.29. The Morgan fingerprint density at radius 3 is 2.67 bits per heavy atom. The van der Waals surface area contributed by atoms with E-state index in [2.05, 4.69) is 31.5 Å². The molecule has 0 aliphatic heterocycles. The van der Waals surface area contributed by atoms with E-state index in [-0.39, 0.29) is 0 Å². The van der Waals surface area contributed by atoms with Gasteiger partial charge in [-0.05, 0) is 36.4 Å². The van der Waals surface area contributed by atoms with Crippen molar-refractivity contribution in [2.75, 3.05) is 7.05 Å². The van der Waals surface area contributed by atoms with Gasteiger partial charge in [-0.3, -0.25) is 0 Å². The summed E-state index contributed by atoms with van der Waals surface area (Å²) >= 11 is 1.86. The van der Waals surface area contributed by atoms with E-state index in [1.165, 1.54) is 16.0 Å². The van der Waals surface area contributed by atoms with Crippen LogP contribution in [0.3, 0.4) is 0 Å². The number of thiophene rings is 1. The first-order valence-corrected chi connectivity index (χ1v) is 5.26. The monoisotopic (exact) mass is 183 g/mol. The second-order valence-electron chi connectivity index (χ2n) is 3.42. The number of aryl methyl sites for hydroxylation is 1. The van der Waals surface area contributed by atoms with Crippen LogP contribution < -0.4 is 5.32 Å². The zero-order valence-corrected chi connectivity index (χ0v) is 9.09. The normalized spacial score (nSPS) is 11.1. The van der Waals surface area contributed by atoms with Crippen molar-refractivity contribution >= 4 is 11.3 Å². The van der Waals surface area contributed by atoms with Gasteiger partial charge in [0.1, 0.15) is 0 Å². The standard InChI is InChI=1S/C10H17NS/c1-7(2)10-8(3)12-6-9(10)5-11-4/h6-7,11H,5H2,1-4H3. The molecule has 68 valence electrons. The molecule has 2 heteroatoms. The fourth-order valence-corrected chi connectivity index (χ4v) is 2.64. The predicted molar refractivity (Wildman–Crippen MR) is 55.9 cm³/mol. The Hall–Kier alpha value is -0.340. The summed E-state index contributed by atoms with van der Waals surface area (Å²) in [6.45, 7) is 7.72. The molecule has 12 heavy (non-hydrogen) atoms. The summed E-state index contributed by atoms with van der Waals surface area (Å²) in [6, 6.07) is 0. The minimum Gasteiger partial charge on any atom is -0.316 e. The fraction of sp³-hybridized carbons (Fsp3) is 0.600. The van der Waals surface area contributed by atoms with Gasteiger partial charge in [-0.15, -0.1) is 11.3 Å². The molecule has 0 aliphatic carbocycles. The molecule has 0 unspecified atom stereocenters. The average Bonchev–Trinajstić information content (AvgIpc) is 2.32. The van der Waals surface area contributed by atoms with Crippen molar-refractivity contribution in [1.82, 2.24) is 5.32 Å². The minimum absolute atomic E-state index is 0.652. The molecular formula is C10H17NS. The van der Waals surface area contributed by atoms with E-state index < -0.39 is 0 Å². The SMILES string of the molecule is CNCc1csc(C)c1C(C)C. The van der Waals surface area contributed by atoms with Crippen LogP contribution in [0.4, 0.5) is 0 Å². The molecular weight excluding hydrogens is 166 g/mol. The van der Waals surface area contributed by atoms with Crippen molar-refractivity contribution in [2.45, 2.75) is 33.2 Å². The Morgan fingerprint density at radius 1 is 1.50 bits per heavy atom. The third kappa shape index (κ3) is 1.87.